The summed E-state index contributed by atoms with van der Waals surface area (Å²) in [6, 6.07) is 11.7. The number of halogens is 2. The molecule has 186 valence electrons. The third-order valence-corrected chi connectivity index (χ3v) is 9.01. The normalized spacial score (nSPS) is 20.8. The molecule has 1 aromatic heterocycles. The smallest absolute Gasteiger partial charge is 0.344 e. The first kappa shape index (κ1) is 25.1. The number of nitrogens with zero attached hydrogens (tertiary/aromatic N) is 1. The van der Waals surface area contributed by atoms with E-state index in [2.05, 4.69) is 20.9 Å². The number of anilines is 1. The molecule has 0 bridgehead atoms. The molecule has 2 aliphatic heterocycles. The Kier molecular flexibility index (Phi) is 6.99. The summed E-state index contributed by atoms with van der Waals surface area (Å²) in [5.74, 6) is -2.37. The van der Waals surface area contributed by atoms with E-state index in [-0.39, 0.29) is 29.9 Å². The summed E-state index contributed by atoms with van der Waals surface area (Å²) in [5, 5.41) is 0.277. The molecule has 1 N–H and O–H groups in total. The molecule has 3 heterocycles. The van der Waals surface area contributed by atoms with Gasteiger partial charge in [-0.15, -0.1) is 0 Å². The summed E-state index contributed by atoms with van der Waals surface area (Å²) in [4.78, 5) is 56.0. The van der Waals surface area contributed by atoms with E-state index in [9.17, 15) is 19.2 Å². The van der Waals surface area contributed by atoms with Crippen LogP contribution in [0.5, 0.6) is 5.75 Å². The van der Waals surface area contributed by atoms with Crippen molar-refractivity contribution in [2.75, 3.05) is 18.1 Å². The standard InChI is InChI=1S/C24H18BrClN2O6S2/c1-2-33-16(29)10-34-15-8-3-11(25)9-14(15)17-18-20(35-21-19(17)36-24(32)27-21)23(31)28(22(18)30)13-6-4-12(26)5-7-13/h3-9,17-18,20H,2,10H2,1H3,(H,27,32). The van der Waals surface area contributed by atoms with Gasteiger partial charge in [-0.2, -0.15) is 0 Å². The summed E-state index contributed by atoms with van der Waals surface area (Å²) in [6.07, 6.45) is 0. The Hall–Kier alpha value is -2.60. The topological polar surface area (TPSA) is 106 Å². The number of rotatable bonds is 6. The maximum absolute atomic E-state index is 13.8. The van der Waals surface area contributed by atoms with Crippen molar-refractivity contribution in [1.82, 2.24) is 4.98 Å². The SMILES string of the molecule is CCOC(=O)COc1ccc(Br)cc1C1c2sc(=O)[nH]c2SC2C(=O)N(c3ccc(Cl)cc3)C(=O)C21. The number of amides is 2. The molecule has 5 rings (SSSR count). The zero-order chi connectivity index (χ0) is 25.6. The van der Waals surface area contributed by atoms with Crippen LogP contribution < -0.4 is 14.5 Å². The van der Waals surface area contributed by atoms with Crippen LogP contribution in [0.3, 0.4) is 0 Å². The predicted molar refractivity (Wildman–Crippen MR) is 140 cm³/mol. The number of esters is 1. The van der Waals surface area contributed by atoms with Gasteiger partial charge in [-0.25, -0.2) is 9.69 Å². The van der Waals surface area contributed by atoms with Gasteiger partial charge in [0.05, 0.1) is 23.2 Å². The average Bonchev–Trinajstić information content (AvgIpc) is 3.33. The van der Waals surface area contributed by atoms with Crippen molar-refractivity contribution in [2.45, 2.75) is 23.1 Å². The highest BCUT2D eigenvalue weighted by Crippen LogP contribution is 2.54. The van der Waals surface area contributed by atoms with Crippen molar-refractivity contribution in [3.8, 4) is 5.75 Å². The number of hydrogen-bond acceptors (Lipinski definition) is 8. The summed E-state index contributed by atoms with van der Waals surface area (Å²) >= 11 is 11.7. The fourth-order valence-corrected chi connectivity index (χ4v) is 7.44. The van der Waals surface area contributed by atoms with Crippen LogP contribution in [0, 0.1) is 5.92 Å². The molecule has 3 aromatic rings. The number of aromatic amines is 1. The second-order valence-corrected chi connectivity index (χ2v) is 11.5. The van der Waals surface area contributed by atoms with E-state index >= 15 is 0 Å². The zero-order valence-corrected chi connectivity index (χ0v) is 22.6. The number of hydrogen-bond donors (Lipinski definition) is 1. The van der Waals surface area contributed by atoms with Crippen molar-refractivity contribution >= 4 is 74.1 Å². The molecule has 1 saturated heterocycles. The maximum Gasteiger partial charge on any atom is 0.344 e. The van der Waals surface area contributed by atoms with Gasteiger partial charge in [0.2, 0.25) is 11.8 Å². The van der Waals surface area contributed by atoms with Crippen LogP contribution in [0.15, 0.2) is 56.8 Å². The van der Waals surface area contributed by atoms with Gasteiger partial charge in [-0.05, 0) is 49.4 Å². The lowest BCUT2D eigenvalue weighted by atomic mass is 9.82. The number of carbonyl (C=O) groups is 3. The van der Waals surface area contributed by atoms with Gasteiger partial charge in [0.25, 0.3) is 0 Å². The van der Waals surface area contributed by atoms with Crippen LogP contribution in [0.2, 0.25) is 5.02 Å². The number of aromatic nitrogens is 1. The third kappa shape index (κ3) is 4.49. The largest absolute Gasteiger partial charge is 0.482 e. The second-order valence-electron chi connectivity index (χ2n) is 8.01. The molecule has 36 heavy (non-hydrogen) atoms. The molecular formula is C24H18BrClN2O6S2. The molecule has 2 aliphatic rings. The van der Waals surface area contributed by atoms with E-state index in [0.717, 1.165) is 11.3 Å². The highest BCUT2D eigenvalue weighted by molar-refractivity contribution is 9.10. The fourth-order valence-electron chi connectivity index (χ4n) is 4.43. The number of carbonyl (C=O) groups excluding carboxylic acids is 3. The number of thiazole rings is 1. The lowest BCUT2D eigenvalue weighted by Crippen LogP contribution is -2.32. The van der Waals surface area contributed by atoms with Crippen molar-refractivity contribution in [1.29, 1.82) is 0 Å². The van der Waals surface area contributed by atoms with Crippen molar-refractivity contribution < 1.29 is 23.9 Å². The number of imide groups is 1. The Balaban J connectivity index is 1.61. The molecule has 0 spiro atoms. The van der Waals surface area contributed by atoms with Gasteiger partial charge in [0.1, 0.15) is 11.0 Å². The van der Waals surface area contributed by atoms with Gasteiger partial charge in [0, 0.05) is 25.9 Å². The van der Waals surface area contributed by atoms with E-state index in [1.165, 1.54) is 16.7 Å². The van der Waals surface area contributed by atoms with E-state index in [1.807, 2.05) is 0 Å². The lowest BCUT2D eigenvalue weighted by Gasteiger charge is -2.31. The third-order valence-electron chi connectivity index (χ3n) is 5.87. The van der Waals surface area contributed by atoms with E-state index in [0.29, 0.717) is 36.4 Å². The molecule has 0 aliphatic carbocycles. The van der Waals surface area contributed by atoms with E-state index < -0.39 is 23.1 Å². The minimum absolute atomic E-state index is 0.219. The zero-order valence-electron chi connectivity index (χ0n) is 18.7. The number of nitrogens with one attached hydrogen (secondary N) is 1. The summed E-state index contributed by atoms with van der Waals surface area (Å²) < 4.78 is 11.5. The van der Waals surface area contributed by atoms with Crippen LogP contribution in [-0.2, 0) is 19.1 Å². The van der Waals surface area contributed by atoms with E-state index in [4.69, 9.17) is 21.1 Å². The minimum Gasteiger partial charge on any atom is -0.482 e. The molecule has 8 nitrogen and oxygen atoms in total. The highest BCUT2D eigenvalue weighted by Gasteiger charge is 2.56. The lowest BCUT2D eigenvalue weighted by molar-refractivity contribution is -0.145. The average molecular weight is 610 g/mol. The highest BCUT2D eigenvalue weighted by atomic mass is 79.9. The quantitative estimate of drug-likeness (QED) is 0.322. The van der Waals surface area contributed by atoms with Crippen LogP contribution in [-0.4, -0.2) is 41.2 Å². The summed E-state index contributed by atoms with van der Waals surface area (Å²) in [7, 11) is 0. The van der Waals surface area contributed by atoms with Crippen LogP contribution in [0.25, 0.3) is 0 Å². The second kappa shape index (κ2) is 10.0. The molecular weight excluding hydrogens is 592 g/mol. The first-order valence-electron chi connectivity index (χ1n) is 10.9. The van der Waals surface area contributed by atoms with Crippen LogP contribution >= 0.6 is 50.6 Å². The van der Waals surface area contributed by atoms with Gasteiger partial charge in [0.15, 0.2) is 6.61 Å². The molecule has 3 atom stereocenters. The Morgan fingerprint density at radius 3 is 2.61 bits per heavy atom. The summed E-state index contributed by atoms with van der Waals surface area (Å²) in [6.45, 7) is 1.60. The van der Waals surface area contributed by atoms with Gasteiger partial charge >= 0.3 is 10.8 Å². The number of ether oxygens (including phenoxy) is 2. The van der Waals surface area contributed by atoms with Gasteiger partial charge in [-0.3, -0.25) is 14.4 Å². The number of fused-ring (bicyclic) bond motifs is 2. The number of H-pyrrole nitrogens is 1. The molecule has 2 aromatic carbocycles. The number of thioether (sulfide) groups is 1. The number of benzene rings is 2. The van der Waals surface area contributed by atoms with Gasteiger partial charge < -0.3 is 14.5 Å². The van der Waals surface area contributed by atoms with Crippen molar-refractivity contribution in [2.24, 2.45) is 5.92 Å². The fraction of sp³-hybridized carbons (Fsp3) is 0.250. The molecule has 0 saturated carbocycles. The van der Waals surface area contributed by atoms with Crippen LogP contribution in [0.1, 0.15) is 23.3 Å². The maximum atomic E-state index is 13.8. The molecule has 0 radical (unpaired) electrons. The Morgan fingerprint density at radius 2 is 1.89 bits per heavy atom. The molecule has 1 fully saturated rings. The monoisotopic (exact) mass is 608 g/mol. The van der Waals surface area contributed by atoms with Crippen molar-refractivity contribution in [3.05, 3.63) is 72.1 Å². The van der Waals surface area contributed by atoms with Crippen LogP contribution in [0.4, 0.5) is 5.69 Å². The Morgan fingerprint density at radius 1 is 1.14 bits per heavy atom. The first-order valence-corrected chi connectivity index (χ1v) is 13.8. The van der Waals surface area contributed by atoms with Crippen molar-refractivity contribution in [3.63, 3.8) is 0 Å². The predicted octanol–water partition coefficient (Wildman–Crippen LogP) is 4.59. The van der Waals surface area contributed by atoms with E-state index in [1.54, 1.807) is 49.4 Å². The summed E-state index contributed by atoms with van der Waals surface area (Å²) in [5.41, 5.74) is 1.01. The minimum atomic E-state index is -0.795. The molecule has 12 heteroatoms. The Labute approximate surface area is 227 Å². The van der Waals surface area contributed by atoms with Gasteiger partial charge in [-0.1, -0.05) is 50.6 Å². The molecule has 2 amide bonds. The first-order chi connectivity index (χ1) is 17.3. The molecule has 3 unspecified atom stereocenters. The Bertz CT molecular complexity index is 1420.